The predicted molar refractivity (Wildman–Crippen MR) is 60.2 cm³/mol. The van der Waals surface area contributed by atoms with Gasteiger partial charge in [0.25, 0.3) is 0 Å². The zero-order valence-corrected chi connectivity index (χ0v) is 9.83. The van der Waals surface area contributed by atoms with Crippen LogP contribution >= 0.6 is 0 Å². The van der Waals surface area contributed by atoms with Crippen LogP contribution in [0.3, 0.4) is 0 Å². The number of nitrogens with zero attached hydrogens (tertiary/aromatic N) is 2. The molecule has 0 aromatic carbocycles. The molecule has 0 spiro atoms. The average Bonchev–Trinajstić information content (AvgIpc) is 2.88. The topological polar surface area (TPSA) is 51.0 Å². The van der Waals surface area contributed by atoms with Crippen molar-refractivity contribution in [3.8, 4) is 0 Å². The molecule has 2 aliphatic rings. The van der Waals surface area contributed by atoms with E-state index >= 15 is 0 Å². The van der Waals surface area contributed by atoms with Crippen molar-refractivity contribution in [2.75, 3.05) is 6.54 Å². The van der Waals surface area contributed by atoms with Gasteiger partial charge in [0.15, 0.2) is 5.82 Å². The molecular formula is C12H19N3O. The van der Waals surface area contributed by atoms with Crippen molar-refractivity contribution in [3.63, 3.8) is 0 Å². The van der Waals surface area contributed by atoms with Crippen LogP contribution in [0.15, 0.2) is 4.52 Å². The summed E-state index contributed by atoms with van der Waals surface area (Å²) in [5, 5.41) is 7.60. The number of nitrogens with one attached hydrogen (secondary N) is 1. The van der Waals surface area contributed by atoms with E-state index in [1.165, 1.54) is 32.1 Å². The molecule has 1 saturated heterocycles. The Balaban J connectivity index is 1.63. The molecular weight excluding hydrogens is 202 g/mol. The third kappa shape index (κ3) is 1.98. The summed E-state index contributed by atoms with van der Waals surface area (Å²) in [6.45, 7) is 3.33. The van der Waals surface area contributed by atoms with Crippen molar-refractivity contribution in [1.29, 1.82) is 0 Å². The normalized spacial score (nSPS) is 27.9. The third-order valence-corrected chi connectivity index (χ3v) is 3.83. The molecule has 4 nitrogen and oxygen atoms in total. The molecule has 16 heavy (non-hydrogen) atoms. The van der Waals surface area contributed by atoms with Crippen molar-refractivity contribution < 1.29 is 4.52 Å². The molecule has 1 N–H and O–H groups in total. The summed E-state index contributed by atoms with van der Waals surface area (Å²) >= 11 is 0. The maximum atomic E-state index is 5.34. The lowest BCUT2D eigenvalue weighted by atomic mass is 10.0. The number of piperidine rings is 1. The first-order valence-corrected chi connectivity index (χ1v) is 6.33. The fourth-order valence-corrected chi connectivity index (χ4v) is 2.30. The molecule has 1 aliphatic carbocycles. The zero-order valence-electron chi connectivity index (χ0n) is 9.83. The highest BCUT2D eigenvalue weighted by molar-refractivity contribution is 5.12. The Labute approximate surface area is 95.8 Å². The molecule has 3 rings (SSSR count). The van der Waals surface area contributed by atoms with E-state index in [9.17, 15) is 0 Å². The highest BCUT2D eigenvalue weighted by Crippen LogP contribution is 2.46. The summed E-state index contributed by atoms with van der Waals surface area (Å²) < 4.78 is 5.34. The Kier molecular flexibility index (Phi) is 2.46. The van der Waals surface area contributed by atoms with E-state index in [2.05, 4.69) is 22.4 Å². The van der Waals surface area contributed by atoms with E-state index in [0.717, 1.165) is 24.7 Å². The fraction of sp³-hybridized carbons (Fsp3) is 0.833. The second-order valence-electron chi connectivity index (χ2n) is 5.43. The highest BCUT2D eigenvalue weighted by Gasteiger charge is 2.44. The first-order chi connectivity index (χ1) is 7.76. The predicted octanol–water partition coefficient (Wildman–Crippen LogP) is 1.81. The Hall–Kier alpha value is -0.900. The minimum atomic E-state index is 0.200. The largest absolute Gasteiger partial charge is 0.339 e. The molecule has 4 heteroatoms. The summed E-state index contributed by atoms with van der Waals surface area (Å²) in [6.07, 6.45) is 7.15. The van der Waals surface area contributed by atoms with Gasteiger partial charge in [0.2, 0.25) is 5.89 Å². The minimum absolute atomic E-state index is 0.200. The van der Waals surface area contributed by atoms with Gasteiger partial charge in [-0.2, -0.15) is 4.98 Å². The summed E-state index contributed by atoms with van der Waals surface area (Å²) in [4.78, 5) is 4.52. The van der Waals surface area contributed by atoms with Crippen molar-refractivity contribution >= 4 is 0 Å². The van der Waals surface area contributed by atoms with Crippen LogP contribution in [0.2, 0.25) is 0 Å². The smallest absolute Gasteiger partial charge is 0.232 e. The molecule has 1 saturated carbocycles. The van der Waals surface area contributed by atoms with Crippen LogP contribution in [-0.4, -0.2) is 22.7 Å². The first kappa shape index (κ1) is 10.3. The summed E-state index contributed by atoms with van der Waals surface area (Å²) in [7, 11) is 0. The summed E-state index contributed by atoms with van der Waals surface area (Å²) in [5.41, 5.74) is 0.200. The van der Waals surface area contributed by atoms with Gasteiger partial charge in [-0.15, -0.1) is 0 Å². The molecule has 0 bridgehead atoms. The Morgan fingerprint density at radius 2 is 2.31 bits per heavy atom. The van der Waals surface area contributed by atoms with Crippen LogP contribution in [-0.2, 0) is 11.8 Å². The second kappa shape index (κ2) is 3.84. The Morgan fingerprint density at radius 3 is 3.00 bits per heavy atom. The van der Waals surface area contributed by atoms with Crippen LogP contribution in [0.5, 0.6) is 0 Å². The van der Waals surface area contributed by atoms with Crippen molar-refractivity contribution in [2.24, 2.45) is 0 Å². The minimum Gasteiger partial charge on any atom is -0.339 e. The van der Waals surface area contributed by atoms with Gasteiger partial charge in [-0.25, -0.2) is 0 Å². The number of hydrogen-bond donors (Lipinski definition) is 1. The Bertz CT molecular complexity index is 364. The summed E-state index contributed by atoms with van der Waals surface area (Å²) in [6, 6.07) is 0.547. The zero-order chi connectivity index (χ0) is 11.0. The van der Waals surface area contributed by atoms with E-state index in [4.69, 9.17) is 4.52 Å². The molecule has 2 fully saturated rings. The lowest BCUT2D eigenvalue weighted by molar-refractivity contribution is 0.342. The van der Waals surface area contributed by atoms with Crippen LogP contribution in [0.1, 0.15) is 50.7 Å². The SMILES string of the molecule is CC1(c2nc(CC3CCCCN3)no2)CC1. The van der Waals surface area contributed by atoms with Gasteiger partial charge in [-0.3, -0.25) is 0 Å². The van der Waals surface area contributed by atoms with Crippen LogP contribution in [0.4, 0.5) is 0 Å². The second-order valence-corrected chi connectivity index (χ2v) is 5.43. The molecule has 0 amide bonds. The van der Waals surface area contributed by atoms with Crippen LogP contribution in [0.25, 0.3) is 0 Å². The van der Waals surface area contributed by atoms with E-state index in [-0.39, 0.29) is 5.41 Å². The van der Waals surface area contributed by atoms with Crippen LogP contribution < -0.4 is 5.32 Å². The molecule has 88 valence electrons. The Morgan fingerprint density at radius 1 is 1.44 bits per heavy atom. The lowest BCUT2D eigenvalue weighted by Gasteiger charge is -2.21. The molecule has 1 aromatic heterocycles. The van der Waals surface area contributed by atoms with E-state index in [1.807, 2.05) is 0 Å². The molecule has 0 radical (unpaired) electrons. The van der Waals surface area contributed by atoms with E-state index < -0.39 is 0 Å². The monoisotopic (exact) mass is 221 g/mol. The van der Waals surface area contributed by atoms with Gasteiger partial charge in [-0.05, 0) is 32.2 Å². The molecule has 1 unspecified atom stereocenters. The quantitative estimate of drug-likeness (QED) is 0.845. The maximum absolute atomic E-state index is 5.34. The maximum Gasteiger partial charge on any atom is 0.232 e. The summed E-state index contributed by atoms with van der Waals surface area (Å²) in [5.74, 6) is 1.72. The standard InChI is InChI=1S/C12H19N3O/c1-12(5-6-12)11-14-10(15-16-11)8-9-4-2-3-7-13-9/h9,13H,2-8H2,1H3. The molecule has 1 aromatic rings. The van der Waals surface area contributed by atoms with Gasteiger partial charge in [0.05, 0.1) is 0 Å². The third-order valence-electron chi connectivity index (χ3n) is 3.83. The van der Waals surface area contributed by atoms with E-state index in [0.29, 0.717) is 6.04 Å². The average molecular weight is 221 g/mol. The van der Waals surface area contributed by atoms with Crippen molar-refractivity contribution in [2.45, 2.75) is 56.9 Å². The molecule has 1 atom stereocenters. The highest BCUT2D eigenvalue weighted by atomic mass is 16.5. The lowest BCUT2D eigenvalue weighted by Crippen LogP contribution is -2.35. The van der Waals surface area contributed by atoms with Gasteiger partial charge in [-0.1, -0.05) is 18.5 Å². The van der Waals surface area contributed by atoms with Crippen molar-refractivity contribution in [1.82, 2.24) is 15.5 Å². The van der Waals surface area contributed by atoms with Gasteiger partial charge < -0.3 is 9.84 Å². The number of rotatable bonds is 3. The van der Waals surface area contributed by atoms with Gasteiger partial charge in [0, 0.05) is 17.9 Å². The van der Waals surface area contributed by atoms with E-state index in [1.54, 1.807) is 0 Å². The van der Waals surface area contributed by atoms with Gasteiger partial charge in [0.1, 0.15) is 0 Å². The fourth-order valence-electron chi connectivity index (χ4n) is 2.30. The number of aromatic nitrogens is 2. The van der Waals surface area contributed by atoms with Crippen molar-refractivity contribution in [3.05, 3.63) is 11.7 Å². The first-order valence-electron chi connectivity index (χ1n) is 6.33. The molecule has 1 aliphatic heterocycles. The molecule has 2 heterocycles. The van der Waals surface area contributed by atoms with Gasteiger partial charge >= 0.3 is 0 Å². The number of hydrogen-bond acceptors (Lipinski definition) is 4. The van der Waals surface area contributed by atoms with Crippen LogP contribution in [0, 0.1) is 0 Å².